The van der Waals surface area contributed by atoms with Crippen molar-refractivity contribution in [3.63, 3.8) is 0 Å². The number of hydrogen-bond acceptors (Lipinski definition) is 0. The van der Waals surface area contributed by atoms with Gasteiger partial charge in [0.15, 0.2) is 0 Å². The maximum Gasteiger partial charge on any atom is -0.000403 e. The van der Waals surface area contributed by atoms with Crippen molar-refractivity contribution in [2.24, 2.45) is 47.3 Å². The van der Waals surface area contributed by atoms with E-state index in [0.717, 1.165) is 50.4 Å². The topological polar surface area (TPSA) is 0 Å². The standard InChI is InChI=1S/C24H24.C21H18.C17H28.3C2H6/c1-2-18-9-17(1)13-19-3-4-21(10-19)15-23-7-8-24(12-23)16-22-6-5-20(11-22)14-18;1-2-7-16(8-3-1)13-19-11-6-12-20-14-17-9-4-5-10-18(17)15-21(19)20;1-2-6-14-12(4-1)8-10-17-15-7-3-5-13(15)9-11-16(14)17;3*1-2/h1-7,9-10,12,17,21H,8,11,13-16H2;1-12H,13-15H2;12-17H,1-11H2;3*1-2H3. The molecule has 0 heterocycles. The van der Waals surface area contributed by atoms with Gasteiger partial charge in [0.1, 0.15) is 0 Å². The minimum atomic E-state index is 0.592. The van der Waals surface area contributed by atoms with Crippen LogP contribution in [0.25, 0.3) is 0 Å². The average molecular weight is 905 g/mol. The summed E-state index contributed by atoms with van der Waals surface area (Å²) in [6.07, 6.45) is 51.8. The molecule has 0 nitrogen and oxygen atoms in total. The molecule has 8 unspecified atom stereocenters. The molecule has 0 aliphatic heterocycles. The van der Waals surface area contributed by atoms with Crippen molar-refractivity contribution in [1.82, 2.24) is 0 Å². The Morgan fingerprint density at radius 1 is 0.441 bits per heavy atom. The highest BCUT2D eigenvalue weighted by atomic mass is 14.5. The van der Waals surface area contributed by atoms with Gasteiger partial charge in [-0.2, -0.15) is 0 Å². The zero-order valence-electron chi connectivity index (χ0n) is 43.5. The first-order chi connectivity index (χ1) is 33.6. The highest BCUT2D eigenvalue weighted by Crippen LogP contribution is 2.58. The zero-order chi connectivity index (χ0) is 47.2. The lowest BCUT2D eigenvalue weighted by Crippen LogP contribution is -2.43. The van der Waals surface area contributed by atoms with Crippen LogP contribution in [0.1, 0.15) is 184 Å². The van der Waals surface area contributed by atoms with E-state index >= 15 is 0 Å². The maximum absolute atomic E-state index is 2.49. The Kier molecular flexibility index (Phi) is 18.3. The van der Waals surface area contributed by atoms with Crippen molar-refractivity contribution in [1.29, 1.82) is 0 Å². The number of rotatable bonds is 2. The van der Waals surface area contributed by atoms with Crippen LogP contribution in [0.5, 0.6) is 0 Å². The molecule has 0 N–H and O–H groups in total. The minimum Gasteiger partial charge on any atom is -0.0772 e. The second-order valence-electron chi connectivity index (χ2n) is 21.3. The number of fused-ring (bicyclic) bond motifs is 12. The third kappa shape index (κ3) is 12.3. The molecule has 8 bridgehead atoms. The summed E-state index contributed by atoms with van der Waals surface area (Å²) in [6.45, 7) is 12.0. The number of allylic oxidation sites excluding steroid dienone is 16. The van der Waals surface area contributed by atoms with Crippen LogP contribution < -0.4 is 0 Å². The molecule has 0 radical (unpaired) electrons. The van der Waals surface area contributed by atoms with Gasteiger partial charge in [0.2, 0.25) is 0 Å². The van der Waals surface area contributed by atoms with Gasteiger partial charge in [-0.3, -0.25) is 0 Å². The summed E-state index contributed by atoms with van der Waals surface area (Å²) in [4.78, 5) is 0. The van der Waals surface area contributed by atoms with E-state index in [1.165, 1.54) is 81.9 Å². The lowest BCUT2D eigenvalue weighted by molar-refractivity contribution is -0.0184. The van der Waals surface area contributed by atoms with Gasteiger partial charge in [-0.05, 0) is 183 Å². The van der Waals surface area contributed by atoms with Crippen LogP contribution in [-0.2, 0) is 19.3 Å². The molecule has 68 heavy (non-hydrogen) atoms. The van der Waals surface area contributed by atoms with E-state index in [-0.39, 0.29) is 0 Å². The Balaban J connectivity index is 0.000000132. The van der Waals surface area contributed by atoms with Crippen molar-refractivity contribution < 1.29 is 0 Å². The molecule has 3 aromatic carbocycles. The monoisotopic (exact) mass is 905 g/mol. The second-order valence-corrected chi connectivity index (χ2v) is 21.3. The highest BCUT2D eigenvalue weighted by Gasteiger charge is 2.48. The molecule has 0 spiro atoms. The molecule has 4 fully saturated rings. The van der Waals surface area contributed by atoms with E-state index in [1.54, 1.807) is 98.5 Å². The molecule has 0 amide bonds. The Bertz CT molecular complexity index is 2360. The summed E-state index contributed by atoms with van der Waals surface area (Å²) in [5.41, 5.74) is 18.2. The molecule has 0 saturated heterocycles. The smallest absolute Gasteiger partial charge is 0.000403 e. The van der Waals surface area contributed by atoms with E-state index in [2.05, 4.69) is 134 Å². The highest BCUT2D eigenvalue weighted by molar-refractivity contribution is 5.50. The van der Waals surface area contributed by atoms with Gasteiger partial charge in [-0.15, -0.1) is 0 Å². The number of hydrogen-bond donors (Lipinski definition) is 0. The van der Waals surface area contributed by atoms with Crippen molar-refractivity contribution in [3.05, 3.63) is 200 Å². The molecule has 13 rings (SSSR count). The first-order valence-corrected chi connectivity index (χ1v) is 28.4. The van der Waals surface area contributed by atoms with Crippen molar-refractivity contribution in [2.45, 2.75) is 170 Å². The summed E-state index contributed by atoms with van der Waals surface area (Å²) in [6, 6.07) is 26.4. The van der Waals surface area contributed by atoms with Crippen LogP contribution in [0.15, 0.2) is 167 Å². The van der Waals surface area contributed by atoms with Crippen LogP contribution in [0.2, 0.25) is 0 Å². The average Bonchev–Trinajstić information content (AvgIpc) is 4.28. The third-order valence-corrected chi connectivity index (χ3v) is 17.4. The molecule has 10 aliphatic carbocycles. The van der Waals surface area contributed by atoms with Crippen LogP contribution in [0.4, 0.5) is 0 Å². The van der Waals surface area contributed by atoms with E-state index < -0.39 is 0 Å². The fourth-order valence-electron chi connectivity index (χ4n) is 14.5. The summed E-state index contributed by atoms with van der Waals surface area (Å²) in [5, 5.41) is 0. The molecule has 10 aliphatic rings. The number of benzene rings is 3. The largest absolute Gasteiger partial charge is 0.0772 e. The van der Waals surface area contributed by atoms with Crippen molar-refractivity contribution >= 4 is 0 Å². The quantitative estimate of drug-likeness (QED) is 0.188. The van der Waals surface area contributed by atoms with Gasteiger partial charge in [0.25, 0.3) is 0 Å². The zero-order valence-corrected chi connectivity index (χ0v) is 43.5. The van der Waals surface area contributed by atoms with Gasteiger partial charge < -0.3 is 0 Å². The first-order valence-electron chi connectivity index (χ1n) is 28.4. The molecule has 3 aromatic rings. The molecule has 0 aromatic heterocycles. The summed E-state index contributed by atoms with van der Waals surface area (Å²) < 4.78 is 0. The van der Waals surface area contributed by atoms with E-state index in [1.807, 2.05) is 41.5 Å². The summed E-state index contributed by atoms with van der Waals surface area (Å²) in [5.74, 6) is 8.21. The van der Waals surface area contributed by atoms with Crippen molar-refractivity contribution in [2.75, 3.05) is 0 Å². The Hall–Kier alpha value is -4.42. The summed E-state index contributed by atoms with van der Waals surface area (Å²) >= 11 is 0. The Morgan fingerprint density at radius 3 is 1.75 bits per heavy atom. The SMILES string of the molecule is C1=CC2C=C1CC1=CC=C(CC3=CC(=CC3)CC3C=CC(=C3)C2)C1.C1CCC2C(C1)CCC1C3CCCC3CCC21.CC.CC.CC.c1ccc(Cc2cccc3c2Cc2ccccc2C3)cc1. The normalized spacial score (nSPS) is 28.4. The van der Waals surface area contributed by atoms with Crippen LogP contribution in [0, 0.1) is 47.3 Å². The van der Waals surface area contributed by atoms with Gasteiger partial charge in [0.05, 0.1) is 0 Å². The lowest BCUT2D eigenvalue weighted by atomic mass is 9.54. The second kappa shape index (κ2) is 24.9. The van der Waals surface area contributed by atoms with Crippen LogP contribution in [-0.4, -0.2) is 0 Å². The fourth-order valence-corrected chi connectivity index (χ4v) is 14.5. The molecule has 0 heteroatoms. The predicted molar refractivity (Wildman–Crippen MR) is 295 cm³/mol. The van der Waals surface area contributed by atoms with Crippen molar-refractivity contribution in [3.8, 4) is 0 Å². The maximum atomic E-state index is 2.49. The Morgan fingerprint density at radius 2 is 1.01 bits per heavy atom. The fraction of sp³-hybridized carbons (Fsp3) is 0.500. The van der Waals surface area contributed by atoms with Gasteiger partial charge in [-0.1, -0.05) is 235 Å². The Labute approximate surface area is 415 Å². The predicted octanol–water partition coefficient (Wildman–Crippen LogP) is 19.2. The minimum absolute atomic E-state index is 0.592. The molecular formula is C68H88. The van der Waals surface area contributed by atoms with Gasteiger partial charge >= 0.3 is 0 Å². The van der Waals surface area contributed by atoms with E-state index in [4.69, 9.17) is 0 Å². The summed E-state index contributed by atoms with van der Waals surface area (Å²) in [7, 11) is 0. The van der Waals surface area contributed by atoms with Gasteiger partial charge in [0, 0.05) is 0 Å². The molecular weight excluding hydrogens is 817 g/mol. The lowest BCUT2D eigenvalue weighted by Gasteiger charge is -2.51. The van der Waals surface area contributed by atoms with E-state index in [9.17, 15) is 0 Å². The molecule has 360 valence electrons. The molecule has 4 saturated carbocycles. The molecule has 8 atom stereocenters. The van der Waals surface area contributed by atoms with E-state index in [0.29, 0.717) is 11.8 Å². The van der Waals surface area contributed by atoms with Gasteiger partial charge in [-0.25, -0.2) is 0 Å². The van der Waals surface area contributed by atoms with Crippen LogP contribution >= 0.6 is 0 Å². The third-order valence-electron chi connectivity index (χ3n) is 17.4. The first kappa shape index (κ1) is 50.0. The van der Waals surface area contributed by atoms with Crippen LogP contribution in [0.3, 0.4) is 0 Å².